The molecule has 3 heterocycles. The SMILES string of the molecule is CO[C@H]1C[C@@H](C)C/C(C)=C/[C@@H](CC(O)CCl)C(=O)C[C@H](O)[C@@H](C)[C@@H](/C(C)=C/[C@@H]2CC[C@@H](O)[C@H](OC)C2)OC(=O)[C@@H]2CCCCN2C(=O)C(=O)C2(O)O[C@H]1[C@@H](OC)C[C@H]2C. The van der Waals surface area contributed by atoms with E-state index in [4.69, 9.17) is 35.3 Å². The highest BCUT2D eigenvalue weighted by atomic mass is 35.5. The van der Waals surface area contributed by atoms with Crippen LogP contribution in [0.15, 0.2) is 23.3 Å². The van der Waals surface area contributed by atoms with Crippen LogP contribution in [0.1, 0.15) is 105 Å². The maximum atomic E-state index is 14.3. The first kappa shape index (κ1) is 49.4. The Bertz CT molecular complexity index is 1510. The molecule has 3 aliphatic heterocycles. The van der Waals surface area contributed by atoms with E-state index in [0.29, 0.717) is 50.5 Å². The molecule has 14 nitrogen and oxygen atoms in total. The lowest BCUT2D eigenvalue weighted by Crippen LogP contribution is -2.64. The number of Topliss-reactive ketones (excluding diaryl/α,β-unsaturated/α-hetero) is 2. The number of hydrogen-bond donors (Lipinski definition) is 4. The van der Waals surface area contributed by atoms with Crippen molar-refractivity contribution in [3.05, 3.63) is 23.3 Å². The first-order valence-corrected chi connectivity index (χ1v) is 21.9. The van der Waals surface area contributed by atoms with Gasteiger partial charge in [-0.1, -0.05) is 38.5 Å². The Morgan fingerprint density at radius 3 is 2.25 bits per heavy atom. The minimum absolute atomic E-state index is 0.0436. The molecule has 0 radical (unpaired) electrons. The summed E-state index contributed by atoms with van der Waals surface area (Å²) in [6.45, 7) is 9.04. The number of esters is 1. The van der Waals surface area contributed by atoms with Gasteiger partial charge in [0.15, 0.2) is 0 Å². The fraction of sp³-hybridized carbons (Fsp3) is 0.818. The van der Waals surface area contributed by atoms with Crippen LogP contribution in [0, 0.1) is 29.6 Å². The first-order chi connectivity index (χ1) is 27.9. The number of ether oxygens (including phenoxy) is 5. The third-order valence-corrected chi connectivity index (χ3v) is 13.5. The van der Waals surface area contributed by atoms with Crippen LogP contribution in [-0.4, -0.2) is 143 Å². The van der Waals surface area contributed by atoms with E-state index in [9.17, 15) is 39.6 Å². The number of methoxy groups -OCH3 is 3. The van der Waals surface area contributed by atoms with Crippen LogP contribution in [0.25, 0.3) is 0 Å². The molecule has 2 unspecified atom stereocenters. The number of cyclic esters (lactones) is 1. The largest absolute Gasteiger partial charge is 0.456 e. The molecule has 1 amide bonds. The number of hydrogen-bond acceptors (Lipinski definition) is 13. The average molecular weight is 856 g/mol. The van der Waals surface area contributed by atoms with Gasteiger partial charge in [-0.25, -0.2) is 4.79 Å². The lowest BCUT2D eigenvalue weighted by Gasteiger charge is -2.47. The molecule has 336 valence electrons. The summed E-state index contributed by atoms with van der Waals surface area (Å²) < 4.78 is 29.7. The lowest BCUT2D eigenvalue weighted by atomic mass is 9.81. The van der Waals surface area contributed by atoms with Gasteiger partial charge >= 0.3 is 5.97 Å². The zero-order valence-electron chi connectivity index (χ0n) is 36.2. The van der Waals surface area contributed by atoms with Crippen LogP contribution in [0.5, 0.6) is 0 Å². The third-order valence-electron chi connectivity index (χ3n) is 13.2. The number of allylic oxidation sites excluding steroid dienone is 3. The Hall–Kier alpha value is -2.27. The van der Waals surface area contributed by atoms with E-state index < -0.39 is 90.0 Å². The summed E-state index contributed by atoms with van der Waals surface area (Å²) in [5.41, 5.74) is 1.47. The summed E-state index contributed by atoms with van der Waals surface area (Å²) >= 11 is 6.00. The van der Waals surface area contributed by atoms with Crippen LogP contribution >= 0.6 is 11.6 Å². The smallest absolute Gasteiger partial charge is 0.329 e. The van der Waals surface area contributed by atoms with Crippen molar-refractivity contribution in [3.8, 4) is 0 Å². The highest BCUT2D eigenvalue weighted by molar-refractivity contribution is 6.39. The van der Waals surface area contributed by atoms with Crippen LogP contribution in [-0.2, 0) is 42.9 Å². The van der Waals surface area contributed by atoms with Crippen LogP contribution in [0.3, 0.4) is 0 Å². The number of ketones is 2. The van der Waals surface area contributed by atoms with Gasteiger partial charge in [-0.15, -0.1) is 11.6 Å². The van der Waals surface area contributed by atoms with Crippen molar-refractivity contribution in [1.29, 1.82) is 0 Å². The second-order valence-electron chi connectivity index (χ2n) is 17.8. The van der Waals surface area contributed by atoms with Crippen molar-refractivity contribution in [2.45, 2.75) is 166 Å². The molecule has 0 aromatic carbocycles. The van der Waals surface area contributed by atoms with E-state index in [2.05, 4.69) is 0 Å². The van der Waals surface area contributed by atoms with Gasteiger partial charge in [0, 0.05) is 57.9 Å². The fourth-order valence-corrected chi connectivity index (χ4v) is 9.73. The zero-order valence-corrected chi connectivity index (χ0v) is 37.0. The normalized spacial score (nSPS) is 40.6. The van der Waals surface area contributed by atoms with E-state index in [-0.39, 0.29) is 61.8 Å². The van der Waals surface area contributed by atoms with Crippen LogP contribution in [0.4, 0.5) is 0 Å². The number of rotatable bonds is 8. The van der Waals surface area contributed by atoms with E-state index in [0.717, 1.165) is 10.5 Å². The Labute approximate surface area is 354 Å². The van der Waals surface area contributed by atoms with Crippen molar-refractivity contribution >= 4 is 35.0 Å². The molecular weight excluding hydrogens is 786 g/mol. The number of nitrogens with zero attached hydrogens (tertiary/aromatic N) is 1. The number of piperidine rings is 1. The predicted molar refractivity (Wildman–Crippen MR) is 219 cm³/mol. The van der Waals surface area contributed by atoms with Crippen LogP contribution in [0.2, 0.25) is 0 Å². The summed E-state index contributed by atoms with van der Waals surface area (Å²) in [6.07, 6.45) is 1.07. The minimum Gasteiger partial charge on any atom is -0.456 e. The third kappa shape index (κ3) is 12.2. The topological polar surface area (TPSA) is 199 Å². The molecule has 59 heavy (non-hydrogen) atoms. The number of alkyl halides is 1. The van der Waals surface area contributed by atoms with Crippen molar-refractivity contribution in [1.82, 2.24) is 4.90 Å². The second-order valence-corrected chi connectivity index (χ2v) is 18.1. The number of halogens is 1. The van der Waals surface area contributed by atoms with Crippen molar-refractivity contribution in [2.24, 2.45) is 29.6 Å². The molecule has 4 aliphatic rings. The van der Waals surface area contributed by atoms with Gasteiger partial charge in [-0.3, -0.25) is 14.4 Å². The number of carbonyl (C=O) groups excluding carboxylic acids is 4. The predicted octanol–water partition coefficient (Wildman–Crippen LogP) is 4.05. The maximum absolute atomic E-state index is 14.3. The minimum atomic E-state index is -2.54. The quantitative estimate of drug-likeness (QED) is 0.118. The number of aliphatic hydroxyl groups excluding tert-OH is 3. The first-order valence-electron chi connectivity index (χ1n) is 21.4. The number of fused-ring (bicyclic) bond motifs is 3. The van der Waals surface area contributed by atoms with Gasteiger partial charge < -0.3 is 49.0 Å². The number of carbonyl (C=O) groups is 4. The fourth-order valence-electron chi connectivity index (χ4n) is 9.60. The molecule has 3 fully saturated rings. The van der Waals surface area contributed by atoms with Gasteiger partial charge in [0.05, 0.1) is 36.6 Å². The molecular formula is C44H70ClNO13. The Kier molecular flexibility index (Phi) is 18.6. The maximum Gasteiger partial charge on any atom is 0.329 e. The van der Waals surface area contributed by atoms with Gasteiger partial charge in [-0.2, -0.15) is 0 Å². The lowest BCUT2D eigenvalue weighted by molar-refractivity contribution is -0.302. The Balaban J connectivity index is 1.79. The number of aliphatic hydroxyl groups is 4. The molecule has 2 bridgehead atoms. The van der Waals surface area contributed by atoms with Crippen LogP contribution < -0.4 is 0 Å². The molecule has 1 saturated carbocycles. The summed E-state index contributed by atoms with van der Waals surface area (Å²) in [6, 6.07) is -1.18. The summed E-state index contributed by atoms with van der Waals surface area (Å²) in [5, 5.41) is 44.8. The Morgan fingerprint density at radius 2 is 1.61 bits per heavy atom. The van der Waals surface area contributed by atoms with E-state index in [1.807, 2.05) is 19.9 Å². The summed E-state index contributed by atoms with van der Waals surface area (Å²) in [7, 11) is 4.55. The average Bonchev–Trinajstić information content (AvgIpc) is 3.21. The molecule has 2 saturated heterocycles. The van der Waals surface area contributed by atoms with Gasteiger partial charge in [0.2, 0.25) is 5.79 Å². The molecule has 4 N–H and O–H groups in total. The molecule has 0 aromatic heterocycles. The molecule has 15 atom stereocenters. The second kappa shape index (κ2) is 22.2. The standard InChI is InChI=1S/C44H70ClNO13/c1-24-15-25(2)17-37(56-7)40-38(57-8)19-27(4)44(54,59-40)41(51)42(52)46-14-10-9-11-32(46)43(53)58-39(26(3)18-29-12-13-33(48)36(20-29)55-6)28(5)34(49)22-35(50)30(16-24)21-31(47)23-45/h16,18,25,27-34,36-40,47-49,54H,9-15,17,19-23H2,1-8H3/b24-16+,26-18+/t25-,27+,28+,29-,30-,31?,32-,33+,34-,36+,37-,38-,39+,40+,44?/m0/s1. The molecule has 1 aliphatic carbocycles. The molecule has 15 heteroatoms. The summed E-state index contributed by atoms with van der Waals surface area (Å²) in [4.78, 5) is 58.0. The molecule has 0 spiro atoms. The van der Waals surface area contributed by atoms with E-state index in [1.54, 1.807) is 34.0 Å². The van der Waals surface area contributed by atoms with Crippen molar-refractivity contribution in [2.75, 3.05) is 33.8 Å². The van der Waals surface area contributed by atoms with Crippen molar-refractivity contribution in [3.63, 3.8) is 0 Å². The highest BCUT2D eigenvalue weighted by Gasteiger charge is 2.56. The van der Waals surface area contributed by atoms with Gasteiger partial charge in [0.25, 0.3) is 11.7 Å². The molecule has 4 rings (SSSR count). The van der Waals surface area contributed by atoms with E-state index >= 15 is 0 Å². The Morgan fingerprint density at radius 1 is 0.949 bits per heavy atom. The van der Waals surface area contributed by atoms with Crippen molar-refractivity contribution < 1.29 is 63.3 Å². The van der Waals surface area contributed by atoms with E-state index in [1.165, 1.54) is 14.2 Å². The molecule has 0 aromatic rings. The highest BCUT2D eigenvalue weighted by Crippen LogP contribution is 2.39. The summed E-state index contributed by atoms with van der Waals surface area (Å²) in [5.74, 6) is -8.52. The number of amides is 1. The zero-order chi connectivity index (χ0) is 43.8. The monoisotopic (exact) mass is 855 g/mol. The van der Waals surface area contributed by atoms with Gasteiger partial charge in [-0.05, 0) is 95.5 Å². The van der Waals surface area contributed by atoms with Gasteiger partial charge in [0.1, 0.15) is 24.0 Å².